The summed E-state index contributed by atoms with van der Waals surface area (Å²) in [4.78, 5) is 24.7. The average molecular weight is 362 g/mol. The summed E-state index contributed by atoms with van der Waals surface area (Å²) < 4.78 is 19.4. The molecular weight excluding hydrogens is 347 g/mol. The lowest BCUT2D eigenvalue weighted by atomic mass is 10.2. The molecule has 3 aromatic rings. The molecule has 25 heavy (non-hydrogen) atoms. The Morgan fingerprint density at radius 1 is 1.32 bits per heavy atom. The van der Waals surface area contributed by atoms with E-state index in [1.807, 2.05) is 0 Å². The van der Waals surface area contributed by atoms with Gasteiger partial charge in [-0.2, -0.15) is 0 Å². The van der Waals surface area contributed by atoms with Crippen molar-refractivity contribution in [2.75, 3.05) is 6.54 Å². The van der Waals surface area contributed by atoms with Crippen molar-refractivity contribution in [2.24, 2.45) is 7.05 Å². The number of aromatic nitrogens is 5. The summed E-state index contributed by atoms with van der Waals surface area (Å²) in [6.07, 6.45) is 0. The molecule has 2 aromatic heterocycles. The first-order valence-electron chi connectivity index (χ1n) is 7.44. The molecule has 0 aliphatic heterocycles. The fourth-order valence-electron chi connectivity index (χ4n) is 2.28. The van der Waals surface area contributed by atoms with Crippen LogP contribution in [0.4, 0.5) is 4.39 Å². The van der Waals surface area contributed by atoms with E-state index in [4.69, 9.17) is 0 Å². The average Bonchev–Trinajstić information content (AvgIpc) is 3.14. The molecule has 0 aliphatic rings. The standard InChI is InChI=1S/C15H15FN6O2S/c1-9-12(25-20-18-9)14(23)17-7-8-22-15(24)21(2)13(19-22)10-3-5-11(16)6-4-10/h3-6H,7-8H2,1-2H3,(H,17,23). The van der Waals surface area contributed by atoms with Crippen LogP contribution in [0, 0.1) is 12.7 Å². The predicted octanol–water partition coefficient (Wildman–Crippen LogP) is 0.978. The third kappa shape index (κ3) is 3.48. The van der Waals surface area contributed by atoms with Gasteiger partial charge in [0.05, 0.1) is 12.2 Å². The molecule has 2 heterocycles. The molecule has 0 fully saturated rings. The van der Waals surface area contributed by atoms with Crippen LogP contribution in [0.15, 0.2) is 29.1 Å². The summed E-state index contributed by atoms with van der Waals surface area (Å²) in [5.41, 5.74) is 0.885. The first kappa shape index (κ1) is 17.0. The van der Waals surface area contributed by atoms with Crippen LogP contribution in [0.3, 0.4) is 0 Å². The van der Waals surface area contributed by atoms with Gasteiger partial charge in [-0.15, -0.1) is 10.2 Å². The second-order valence-corrected chi connectivity index (χ2v) is 6.09. The van der Waals surface area contributed by atoms with E-state index in [1.165, 1.54) is 21.4 Å². The maximum Gasteiger partial charge on any atom is 0.345 e. The van der Waals surface area contributed by atoms with Gasteiger partial charge in [0.25, 0.3) is 5.91 Å². The highest BCUT2D eigenvalue weighted by Gasteiger charge is 2.14. The van der Waals surface area contributed by atoms with Gasteiger partial charge in [0.15, 0.2) is 5.82 Å². The number of nitrogens with zero attached hydrogens (tertiary/aromatic N) is 5. The zero-order valence-electron chi connectivity index (χ0n) is 13.6. The zero-order chi connectivity index (χ0) is 18.0. The number of nitrogens with one attached hydrogen (secondary N) is 1. The van der Waals surface area contributed by atoms with Gasteiger partial charge in [0.1, 0.15) is 10.7 Å². The van der Waals surface area contributed by atoms with Gasteiger partial charge in [-0.25, -0.2) is 13.9 Å². The lowest BCUT2D eigenvalue weighted by molar-refractivity contribution is 0.0955. The summed E-state index contributed by atoms with van der Waals surface area (Å²) in [6.45, 7) is 2.15. The van der Waals surface area contributed by atoms with E-state index in [0.29, 0.717) is 22.0 Å². The van der Waals surface area contributed by atoms with Crippen molar-refractivity contribution < 1.29 is 9.18 Å². The highest BCUT2D eigenvalue weighted by molar-refractivity contribution is 7.07. The number of carbonyl (C=O) groups is 1. The normalized spacial score (nSPS) is 10.8. The van der Waals surface area contributed by atoms with Crippen molar-refractivity contribution in [3.63, 3.8) is 0 Å². The number of carbonyl (C=O) groups excluding carboxylic acids is 1. The number of aryl methyl sites for hydroxylation is 1. The lowest BCUT2D eigenvalue weighted by Gasteiger charge is -2.03. The monoisotopic (exact) mass is 362 g/mol. The molecule has 130 valence electrons. The molecule has 0 saturated carbocycles. The smallest absolute Gasteiger partial charge is 0.345 e. The zero-order valence-corrected chi connectivity index (χ0v) is 14.4. The molecule has 0 bridgehead atoms. The van der Waals surface area contributed by atoms with E-state index in [2.05, 4.69) is 20.0 Å². The molecule has 10 heteroatoms. The van der Waals surface area contributed by atoms with E-state index in [9.17, 15) is 14.0 Å². The minimum atomic E-state index is -0.358. The van der Waals surface area contributed by atoms with E-state index < -0.39 is 0 Å². The Balaban J connectivity index is 1.70. The molecule has 1 aromatic carbocycles. The second-order valence-electron chi connectivity index (χ2n) is 5.34. The molecule has 0 saturated heterocycles. The van der Waals surface area contributed by atoms with E-state index in [-0.39, 0.29) is 30.5 Å². The first-order chi connectivity index (χ1) is 12.0. The molecule has 1 N–H and O–H groups in total. The first-order valence-corrected chi connectivity index (χ1v) is 8.21. The third-order valence-corrected chi connectivity index (χ3v) is 4.44. The highest BCUT2D eigenvalue weighted by atomic mass is 32.1. The minimum Gasteiger partial charge on any atom is -0.349 e. The predicted molar refractivity (Wildman–Crippen MR) is 89.8 cm³/mol. The van der Waals surface area contributed by atoms with Crippen molar-refractivity contribution in [2.45, 2.75) is 13.5 Å². The fourth-order valence-corrected chi connectivity index (χ4v) is 2.85. The van der Waals surface area contributed by atoms with Crippen LogP contribution in [0.25, 0.3) is 11.4 Å². The number of hydrogen-bond acceptors (Lipinski definition) is 6. The SMILES string of the molecule is Cc1nnsc1C(=O)NCCn1nc(-c2ccc(F)cc2)n(C)c1=O. The van der Waals surface area contributed by atoms with Crippen LogP contribution < -0.4 is 11.0 Å². The molecule has 3 rings (SSSR count). The van der Waals surface area contributed by atoms with E-state index >= 15 is 0 Å². The fraction of sp³-hybridized carbons (Fsp3) is 0.267. The van der Waals surface area contributed by atoms with Crippen LogP contribution in [-0.2, 0) is 13.6 Å². The Kier molecular flexibility index (Phi) is 4.70. The molecular formula is C15H15FN6O2S. The lowest BCUT2D eigenvalue weighted by Crippen LogP contribution is -2.31. The van der Waals surface area contributed by atoms with Crippen LogP contribution in [0.2, 0.25) is 0 Å². The molecule has 1 amide bonds. The maximum absolute atomic E-state index is 13.0. The minimum absolute atomic E-state index is 0.213. The van der Waals surface area contributed by atoms with Gasteiger partial charge >= 0.3 is 5.69 Å². The second kappa shape index (κ2) is 6.93. The van der Waals surface area contributed by atoms with E-state index in [0.717, 1.165) is 11.5 Å². The Bertz CT molecular complexity index is 959. The number of amides is 1. The summed E-state index contributed by atoms with van der Waals surface area (Å²) in [5.74, 6) is -0.210. The molecule has 0 spiro atoms. The quantitative estimate of drug-likeness (QED) is 0.730. The van der Waals surface area contributed by atoms with Gasteiger partial charge in [0, 0.05) is 19.2 Å². The van der Waals surface area contributed by atoms with Gasteiger partial charge < -0.3 is 5.32 Å². The number of halogens is 1. The molecule has 0 radical (unpaired) electrons. The van der Waals surface area contributed by atoms with Crippen LogP contribution in [-0.4, -0.2) is 36.4 Å². The van der Waals surface area contributed by atoms with Crippen LogP contribution in [0.5, 0.6) is 0 Å². The summed E-state index contributed by atoms with van der Waals surface area (Å²) in [5, 5.41) is 10.8. The van der Waals surface area contributed by atoms with E-state index in [1.54, 1.807) is 26.1 Å². The van der Waals surface area contributed by atoms with Crippen molar-refractivity contribution >= 4 is 17.4 Å². The Morgan fingerprint density at radius 3 is 2.68 bits per heavy atom. The molecule has 0 atom stereocenters. The third-order valence-electron chi connectivity index (χ3n) is 3.61. The van der Waals surface area contributed by atoms with Crippen molar-refractivity contribution in [3.8, 4) is 11.4 Å². The van der Waals surface area contributed by atoms with Gasteiger partial charge in [0.2, 0.25) is 0 Å². The highest BCUT2D eigenvalue weighted by Crippen LogP contribution is 2.15. The van der Waals surface area contributed by atoms with Crippen LogP contribution >= 0.6 is 11.5 Å². The van der Waals surface area contributed by atoms with Gasteiger partial charge in [-0.1, -0.05) is 4.49 Å². The molecule has 0 aliphatic carbocycles. The van der Waals surface area contributed by atoms with Crippen molar-refractivity contribution in [1.82, 2.24) is 29.3 Å². The Hall–Kier alpha value is -2.88. The number of benzene rings is 1. The number of hydrogen-bond donors (Lipinski definition) is 1. The van der Waals surface area contributed by atoms with Gasteiger partial charge in [-0.3, -0.25) is 9.36 Å². The largest absolute Gasteiger partial charge is 0.349 e. The summed E-state index contributed by atoms with van der Waals surface area (Å²) in [6, 6.07) is 5.74. The summed E-state index contributed by atoms with van der Waals surface area (Å²) >= 11 is 1.02. The van der Waals surface area contributed by atoms with Crippen molar-refractivity contribution in [1.29, 1.82) is 0 Å². The Morgan fingerprint density at radius 2 is 2.04 bits per heavy atom. The maximum atomic E-state index is 13.0. The van der Waals surface area contributed by atoms with Crippen LogP contribution in [0.1, 0.15) is 15.4 Å². The van der Waals surface area contributed by atoms with Gasteiger partial charge in [-0.05, 0) is 42.7 Å². The molecule has 8 nitrogen and oxygen atoms in total. The Labute approximate surface area is 146 Å². The summed E-state index contributed by atoms with van der Waals surface area (Å²) in [7, 11) is 1.59. The molecule has 0 unspecified atom stereocenters. The van der Waals surface area contributed by atoms with Crippen molar-refractivity contribution in [3.05, 3.63) is 51.1 Å². The number of rotatable bonds is 5. The topological polar surface area (TPSA) is 94.7 Å².